The Morgan fingerprint density at radius 1 is 0.712 bits per heavy atom. The van der Waals surface area contributed by atoms with Gasteiger partial charge in [-0.15, -0.1) is 0 Å². The molecule has 2 aromatic heterocycles. The van der Waals surface area contributed by atoms with E-state index < -0.39 is 70.1 Å². The zero-order chi connectivity index (χ0) is 46.9. The van der Waals surface area contributed by atoms with Gasteiger partial charge in [0.1, 0.15) is 18.9 Å². The summed E-state index contributed by atoms with van der Waals surface area (Å²) >= 11 is 0. The third kappa shape index (κ3) is 8.74. The summed E-state index contributed by atoms with van der Waals surface area (Å²) in [6, 6.07) is 26.8. The number of carbonyl (C=O) groups is 2. The minimum Gasteiger partial charge on any atom is -0.386 e. The van der Waals surface area contributed by atoms with Crippen molar-refractivity contribution < 1.29 is 45.4 Å². The van der Waals surface area contributed by atoms with Gasteiger partial charge in [-0.2, -0.15) is 4.31 Å². The Labute approximate surface area is 386 Å². The Balaban J connectivity index is 1.15. The second kappa shape index (κ2) is 17.1. The molecule has 4 atom stereocenters. The van der Waals surface area contributed by atoms with Crippen molar-refractivity contribution in [3.63, 3.8) is 0 Å². The fourth-order valence-electron chi connectivity index (χ4n) is 9.20. The summed E-state index contributed by atoms with van der Waals surface area (Å²) in [6.07, 6.45) is 1.68. The van der Waals surface area contributed by atoms with Gasteiger partial charge in [-0.3, -0.25) is 0 Å². The van der Waals surface area contributed by atoms with Gasteiger partial charge in [-0.1, -0.05) is 91.4 Å². The maximum atomic E-state index is 15.0. The number of rotatable bonds is 14. The van der Waals surface area contributed by atoms with Gasteiger partial charge in [0, 0.05) is 67.6 Å². The second-order valence-electron chi connectivity index (χ2n) is 19.1. The molecule has 0 amide bonds. The molecule has 4 aromatic carbocycles. The number of benzene rings is 4. The number of ether oxygens (including phenoxy) is 4. The van der Waals surface area contributed by atoms with Crippen LogP contribution in [0.3, 0.4) is 0 Å². The molecule has 0 radical (unpaired) electrons. The van der Waals surface area contributed by atoms with Crippen LogP contribution in [-0.4, -0.2) is 93.5 Å². The SMILES string of the molecule is Cc1ccc(S(=O)(=O)N[C@H]2CN(S(=O)(=O)c3ccc(C)cc3)[C@@H](Cn3cc(C4=C(c5cn(COCC[Si](C)(C)C)c6ccccc56)C(=O)OC4=O)c4ccccc43)[C@H]3OC(C)(C)O[C@@H]32)cc1. The quantitative estimate of drug-likeness (QED) is 0.0502. The molecule has 17 heteroatoms. The lowest BCUT2D eigenvalue weighted by atomic mass is 9.94. The number of aromatic nitrogens is 2. The van der Waals surface area contributed by atoms with Crippen LogP contribution in [0.1, 0.15) is 36.1 Å². The summed E-state index contributed by atoms with van der Waals surface area (Å²) in [5.74, 6) is -2.81. The third-order valence-electron chi connectivity index (χ3n) is 12.5. The minimum atomic E-state index is -4.33. The smallest absolute Gasteiger partial charge is 0.347 e. The zero-order valence-electron chi connectivity index (χ0n) is 38.0. The summed E-state index contributed by atoms with van der Waals surface area (Å²) in [5, 5.41) is 1.37. The first-order chi connectivity index (χ1) is 31.2. The molecule has 6 aromatic rings. The highest BCUT2D eigenvalue weighted by Crippen LogP contribution is 2.43. The summed E-state index contributed by atoms with van der Waals surface area (Å²) in [7, 11) is -9.84. The van der Waals surface area contributed by atoms with Crippen molar-refractivity contribution in [3.8, 4) is 0 Å². The van der Waals surface area contributed by atoms with Gasteiger partial charge in [0.25, 0.3) is 0 Å². The van der Waals surface area contributed by atoms with Crippen molar-refractivity contribution in [1.29, 1.82) is 0 Å². The molecule has 0 bridgehead atoms. The molecule has 346 valence electrons. The number of para-hydroxylation sites is 2. The molecule has 9 rings (SSSR count). The number of esters is 2. The van der Waals surface area contributed by atoms with E-state index in [1.807, 2.05) is 77.7 Å². The second-order valence-corrected chi connectivity index (χ2v) is 28.3. The van der Waals surface area contributed by atoms with Crippen LogP contribution in [0, 0.1) is 13.8 Å². The van der Waals surface area contributed by atoms with Crippen molar-refractivity contribution in [2.75, 3.05) is 13.2 Å². The van der Waals surface area contributed by atoms with E-state index in [1.54, 1.807) is 44.3 Å². The number of nitrogens with zero attached hydrogens (tertiary/aromatic N) is 3. The zero-order valence-corrected chi connectivity index (χ0v) is 40.6. The van der Waals surface area contributed by atoms with E-state index in [1.165, 1.54) is 28.6 Å². The molecule has 5 heterocycles. The van der Waals surface area contributed by atoms with E-state index in [2.05, 4.69) is 24.4 Å². The average molecular weight is 951 g/mol. The number of hydrogen-bond donors (Lipinski definition) is 1. The van der Waals surface area contributed by atoms with Crippen molar-refractivity contribution >= 4 is 73.0 Å². The van der Waals surface area contributed by atoms with Crippen LogP contribution in [0.25, 0.3) is 33.0 Å². The predicted octanol–water partition coefficient (Wildman–Crippen LogP) is 7.46. The highest BCUT2D eigenvalue weighted by Gasteiger charge is 2.57. The summed E-state index contributed by atoms with van der Waals surface area (Å²) in [6.45, 7) is 14.5. The Hall–Kier alpha value is -5.24. The van der Waals surface area contributed by atoms with Crippen molar-refractivity contribution in [2.24, 2.45) is 0 Å². The number of nitrogens with one attached hydrogen (secondary N) is 1. The molecule has 0 unspecified atom stereocenters. The fourth-order valence-corrected chi connectivity index (χ4v) is 12.8. The highest BCUT2D eigenvalue weighted by atomic mass is 32.2. The van der Waals surface area contributed by atoms with Gasteiger partial charge in [0.05, 0.1) is 38.5 Å². The molecule has 0 aliphatic carbocycles. The van der Waals surface area contributed by atoms with Crippen LogP contribution >= 0.6 is 0 Å². The first-order valence-corrected chi connectivity index (χ1v) is 28.6. The third-order valence-corrected chi connectivity index (χ3v) is 17.6. The number of fused-ring (bicyclic) bond motifs is 3. The molecule has 2 saturated heterocycles. The monoisotopic (exact) mass is 950 g/mol. The lowest BCUT2D eigenvalue weighted by Gasteiger charge is -2.44. The summed E-state index contributed by atoms with van der Waals surface area (Å²) in [4.78, 5) is 27.9. The lowest BCUT2D eigenvalue weighted by Crippen LogP contribution is -2.66. The molecule has 3 aliphatic rings. The van der Waals surface area contributed by atoms with Crippen LogP contribution in [-0.2, 0) is 61.9 Å². The maximum absolute atomic E-state index is 15.0. The van der Waals surface area contributed by atoms with Gasteiger partial charge in [-0.25, -0.2) is 31.1 Å². The van der Waals surface area contributed by atoms with Gasteiger partial charge in [-0.05, 0) is 70.1 Å². The van der Waals surface area contributed by atoms with E-state index in [0.717, 1.165) is 28.1 Å². The standard InChI is InChI=1S/C49H54N4O10S2Si/c1-31-16-20-33(21-17-31)64(56,57)50-39-28-53(65(58,59)34-22-18-32(2)19-23-34)42(46-45(39)62-49(3,4)63-46)29-51-26-37(35-12-8-10-14-40(35)51)43-44(48(55)61-47(43)54)38-27-52(30-60-24-25-66(5,6)7)41-15-11-9-13-36(38)41/h8-23,26-27,39,42,45-46,50H,24-25,28-30H2,1-7H3/t39-,42-,45+,46+/m0/s1. The van der Waals surface area contributed by atoms with Gasteiger partial charge >= 0.3 is 11.9 Å². The van der Waals surface area contributed by atoms with Crippen molar-refractivity contribution in [2.45, 2.75) is 107 Å². The predicted molar refractivity (Wildman–Crippen MR) is 254 cm³/mol. The van der Waals surface area contributed by atoms with E-state index in [9.17, 15) is 26.4 Å². The maximum Gasteiger partial charge on any atom is 0.347 e. The van der Waals surface area contributed by atoms with Crippen LogP contribution in [0.5, 0.6) is 0 Å². The number of hydrogen-bond acceptors (Lipinski definition) is 10. The molecular formula is C49H54N4O10S2Si. The number of sulfonamides is 2. The molecule has 0 saturated carbocycles. The number of aryl methyl sites for hydroxylation is 2. The lowest BCUT2D eigenvalue weighted by molar-refractivity contribution is -0.150. The van der Waals surface area contributed by atoms with Crippen molar-refractivity contribution in [1.82, 2.24) is 18.2 Å². The number of carbonyl (C=O) groups excluding carboxylic acids is 2. The van der Waals surface area contributed by atoms with E-state index in [0.29, 0.717) is 28.6 Å². The Bertz CT molecular complexity index is 3130. The minimum absolute atomic E-state index is 0.0106. The summed E-state index contributed by atoms with van der Waals surface area (Å²) in [5.41, 5.74) is 4.35. The number of cyclic esters (lactones) is 2. The van der Waals surface area contributed by atoms with Crippen LogP contribution in [0.4, 0.5) is 0 Å². The van der Waals surface area contributed by atoms with E-state index >= 15 is 0 Å². The average Bonchev–Trinajstić information content (AvgIpc) is 3.99. The van der Waals surface area contributed by atoms with Gasteiger partial charge in [0.15, 0.2) is 5.79 Å². The molecule has 14 nitrogen and oxygen atoms in total. The Morgan fingerprint density at radius 3 is 1.80 bits per heavy atom. The van der Waals surface area contributed by atoms with Crippen LogP contribution in [0.2, 0.25) is 25.7 Å². The Kier molecular flexibility index (Phi) is 11.9. The molecule has 2 fully saturated rings. The fraction of sp³-hybridized carbons (Fsp3) is 0.347. The van der Waals surface area contributed by atoms with Crippen LogP contribution < -0.4 is 4.72 Å². The summed E-state index contributed by atoms with van der Waals surface area (Å²) < 4.78 is 90.4. The largest absolute Gasteiger partial charge is 0.386 e. The molecule has 1 N–H and O–H groups in total. The van der Waals surface area contributed by atoms with Gasteiger partial charge < -0.3 is 28.1 Å². The number of piperidine rings is 1. The van der Waals surface area contributed by atoms with E-state index in [-0.39, 0.29) is 40.8 Å². The topological polar surface area (TPSA) is 164 Å². The Morgan fingerprint density at radius 2 is 1.23 bits per heavy atom. The highest BCUT2D eigenvalue weighted by molar-refractivity contribution is 7.89. The first kappa shape index (κ1) is 45.9. The first-order valence-electron chi connectivity index (χ1n) is 22.0. The molecule has 66 heavy (non-hydrogen) atoms. The van der Waals surface area contributed by atoms with Crippen molar-refractivity contribution in [3.05, 3.63) is 132 Å². The molecule has 3 aliphatic heterocycles. The van der Waals surface area contributed by atoms with Crippen LogP contribution in [0.15, 0.2) is 119 Å². The van der Waals surface area contributed by atoms with Gasteiger partial charge in [0.2, 0.25) is 20.0 Å². The molecule has 0 spiro atoms. The molecular weight excluding hydrogens is 897 g/mol. The normalized spacial score (nSPS) is 21.6. The van der Waals surface area contributed by atoms with E-state index in [4.69, 9.17) is 18.9 Å².